The maximum Gasteiger partial charge on any atom is 0.323 e. The lowest BCUT2D eigenvalue weighted by Crippen LogP contribution is -2.49. The molecule has 3 aromatic rings. The molecule has 0 aliphatic carbocycles. The Morgan fingerprint density at radius 3 is 2.35 bits per heavy atom. The summed E-state index contributed by atoms with van der Waals surface area (Å²) in [5, 5.41) is 10.5. The van der Waals surface area contributed by atoms with Crippen molar-refractivity contribution in [2.24, 2.45) is 0 Å². The van der Waals surface area contributed by atoms with E-state index in [-0.39, 0.29) is 29.5 Å². The summed E-state index contributed by atoms with van der Waals surface area (Å²) in [4.78, 5) is 38.4. The molecule has 2 atom stereocenters. The van der Waals surface area contributed by atoms with Crippen LogP contribution < -0.4 is 0 Å². The number of rotatable bonds is 9. The second kappa shape index (κ2) is 11.5. The SMILES string of the molecule is CC(=O)S[C@@H]1C[C@@H](C(=O)N(CCc2ccccc2)CC(=O)O)N(S(=O)(=O)c2ccc3ccccc3c2)C1. The molecule has 1 heterocycles. The third-order valence-electron chi connectivity index (χ3n) is 6.31. The fourth-order valence-electron chi connectivity index (χ4n) is 4.59. The van der Waals surface area contributed by atoms with E-state index < -0.39 is 39.7 Å². The van der Waals surface area contributed by atoms with Gasteiger partial charge in [-0.05, 0) is 41.3 Å². The maximum atomic E-state index is 13.8. The molecule has 1 aliphatic rings. The van der Waals surface area contributed by atoms with Gasteiger partial charge >= 0.3 is 5.97 Å². The van der Waals surface area contributed by atoms with Gasteiger partial charge in [-0.1, -0.05) is 72.4 Å². The van der Waals surface area contributed by atoms with Gasteiger partial charge in [-0.3, -0.25) is 14.4 Å². The smallest absolute Gasteiger partial charge is 0.323 e. The zero-order valence-electron chi connectivity index (χ0n) is 20.3. The van der Waals surface area contributed by atoms with Gasteiger partial charge in [0.15, 0.2) is 5.12 Å². The van der Waals surface area contributed by atoms with E-state index in [1.165, 1.54) is 17.9 Å². The molecule has 4 rings (SSSR count). The summed E-state index contributed by atoms with van der Waals surface area (Å²) in [6, 6.07) is 20.4. The number of hydrogen-bond acceptors (Lipinski definition) is 6. The Morgan fingerprint density at radius 1 is 1.00 bits per heavy atom. The lowest BCUT2D eigenvalue weighted by molar-refractivity contribution is -0.145. The van der Waals surface area contributed by atoms with Crippen molar-refractivity contribution in [2.45, 2.75) is 36.0 Å². The number of carbonyl (C=O) groups excluding carboxylic acids is 2. The van der Waals surface area contributed by atoms with E-state index in [9.17, 15) is 27.9 Å². The molecule has 1 saturated heterocycles. The Labute approximate surface area is 220 Å². The van der Waals surface area contributed by atoms with Crippen molar-refractivity contribution in [2.75, 3.05) is 19.6 Å². The third kappa shape index (κ3) is 6.38. The lowest BCUT2D eigenvalue weighted by Gasteiger charge is -2.29. The first-order valence-electron chi connectivity index (χ1n) is 11.9. The van der Waals surface area contributed by atoms with Gasteiger partial charge in [0, 0.05) is 25.3 Å². The van der Waals surface area contributed by atoms with Crippen LogP contribution >= 0.6 is 11.8 Å². The monoisotopic (exact) mass is 540 g/mol. The number of sulfonamides is 1. The molecule has 0 radical (unpaired) electrons. The first-order valence-corrected chi connectivity index (χ1v) is 14.2. The van der Waals surface area contributed by atoms with Crippen LogP contribution in [0.3, 0.4) is 0 Å². The van der Waals surface area contributed by atoms with Gasteiger partial charge in [-0.25, -0.2) is 8.42 Å². The van der Waals surface area contributed by atoms with Crippen LogP contribution in [0.1, 0.15) is 18.9 Å². The minimum atomic E-state index is -4.11. The van der Waals surface area contributed by atoms with Crippen molar-refractivity contribution in [3.8, 4) is 0 Å². The second-order valence-electron chi connectivity index (χ2n) is 8.96. The van der Waals surface area contributed by atoms with Crippen molar-refractivity contribution >= 4 is 49.5 Å². The summed E-state index contributed by atoms with van der Waals surface area (Å²) in [6.45, 7) is 0.963. The summed E-state index contributed by atoms with van der Waals surface area (Å²) in [5.41, 5.74) is 0.933. The highest BCUT2D eigenvalue weighted by Gasteiger charge is 2.46. The van der Waals surface area contributed by atoms with Gasteiger partial charge in [-0.2, -0.15) is 4.31 Å². The molecule has 3 aromatic carbocycles. The molecular weight excluding hydrogens is 512 g/mol. The van der Waals surface area contributed by atoms with E-state index in [0.29, 0.717) is 6.42 Å². The highest BCUT2D eigenvalue weighted by molar-refractivity contribution is 8.14. The standard InChI is InChI=1S/C27H28N2O6S2/c1-19(30)36-23-16-25(27(33)28(18-26(31)32)14-13-20-7-3-2-4-8-20)29(17-23)37(34,35)24-12-11-21-9-5-6-10-22(21)15-24/h2-12,15,23,25H,13-14,16-18H2,1H3,(H,31,32)/t23-,25+/m1/s1. The van der Waals surface area contributed by atoms with E-state index >= 15 is 0 Å². The fraction of sp³-hybridized carbons (Fsp3) is 0.296. The third-order valence-corrected chi connectivity index (χ3v) is 9.19. The van der Waals surface area contributed by atoms with Crippen molar-refractivity contribution in [1.29, 1.82) is 0 Å². The minimum Gasteiger partial charge on any atom is -0.480 e. The van der Waals surface area contributed by atoms with Crippen LogP contribution in [-0.4, -0.2) is 70.6 Å². The molecule has 0 saturated carbocycles. The van der Waals surface area contributed by atoms with Gasteiger partial charge in [0.05, 0.1) is 4.90 Å². The van der Waals surface area contributed by atoms with Gasteiger partial charge < -0.3 is 10.0 Å². The highest BCUT2D eigenvalue weighted by atomic mass is 32.2. The number of carboxylic acid groups (broad SMARTS) is 1. The topological polar surface area (TPSA) is 112 Å². The van der Waals surface area contributed by atoms with Crippen LogP contribution in [0.4, 0.5) is 0 Å². The predicted octanol–water partition coefficient (Wildman–Crippen LogP) is 3.41. The van der Waals surface area contributed by atoms with Crippen molar-refractivity contribution in [1.82, 2.24) is 9.21 Å². The molecule has 1 aliphatic heterocycles. The van der Waals surface area contributed by atoms with E-state index in [4.69, 9.17) is 0 Å². The van der Waals surface area contributed by atoms with Gasteiger partial charge in [-0.15, -0.1) is 0 Å². The zero-order valence-corrected chi connectivity index (χ0v) is 22.0. The predicted molar refractivity (Wildman–Crippen MR) is 143 cm³/mol. The quantitative estimate of drug-likeness (QED) is 0.443. The van der Waals surface area contributed by atoms with E-state index in [1.807, 2.05) is 54.6 Å². The van der Waals surface area contributed by atoms with Gasteiger partial charge in [0.2, 0.25) is 15.9 Å². The summed E-state index contributed by atoms with van der Waals surface area (Å²) in [6.07, 6.45) is 0.549. The van der Waals surface area contributed by atoms with E-state index in [0.717, 1.165) is 32.4 Å². The lowest BCUT2D eigenvalue weighted by atomic mass is 10.1. The normalized spacial score (nSPS) is 18.1. The molecule has 0 unspecified atom stereocenters. The minimum absolute atomic E-state index is 0.0184. The molecule has 1 amide bonds. The largest absolute Gasteiger partial charge is 0.480 e. The average molecular weight is 541 g/mol. The maximum absolute atomic E-state index is 13.8. The Bertz CT molecular complexity index is 1410. The summed E-state index contributed by atoms with van der Waals surface area (Å²) < 4.78 is 28.7. The number of benzene rings is 3. The van der Waals surface area contributed by atoms with Gasteiger partial charge in [0.25, 0.3) is 0 Å². The highest BCUT2D eigenvalue weighted by Crippen LogP contribution is 2.34. The van der Waals surface area contributed by atoms with Crippen LogP contribution in [0.15, 0.2) is 77.7 Å². The molecule has 1 fully saturated rings. The number of aliphatic carboxylic acids is 1. The fourth-order valence-corrected chi connectivity index (χ4v) is 7.34. The number of nitrogens with zero attached hydrogens (tertiary/aromatic N) is 2. The molecule has 8 nitrogen and oxygen atoms in total. The van der Waals surface area contributed by atoms with E-state index in [1.54, 1.807) is 12.1 Å². The van der Waals surface area contributed by atoms with Crippen LogP contribution in [0.25, 0.3) is 10.8 Å². The number of hydrogen-bond donors (Lipinski definition) is 1. The van der Waals surface area contributed by atoms with Crippen LogP contribution in [0, 0.1) is 0 Å². The summed E-state index contributed by atoms with van der Waals surface area (Å²) in [7, 11) is -4.11. The Hall–Kier alpha value is -3.21. The van der Waals surface area contributed by atoms with Gasteiger partial charge in [0.1, 0.15) is 12.6 Å². The average Bonchev–Trinajstić information content (AvgIpc) is 3.30. The Balaban J connectivity index is 1.65. The Kier molecular flexibility index (Phi) is 8.31. The van der Waals surface area contributed by atoms with Crippen molar-refractivity contribution in [3.05, 3.63) is 78.4 Å². The Morgan fingerprint density at radius 2 is 1.68 bits per heavy atom. The molecule has 37 heavy (non-hydrogen) atoms. The molecule has 1 N–H and O–H groups in total. The summed E-state index contributed by atoms with van der Waals surface area (Å²) >= 11 is 1.00. The van der Waals surface area contributed by atoms with E-state index in [2.05, 4.69) is 0 Å². The number of carbonyl (C=O) groups is 3. The van der Waals surface area contributed by atoms with Crippen molar-refractivity contribution in [3.63, 3.8) is 0 Å². The first-order chi connectivity index (χ1) is 17.6. The van der Waals surface area contributed by atoms with Crippen molar-refractivity contribution < 1.29 is 27.9 Å². The number of thioether (sulfide) groups is 1. The van der Waals surface area contributed by atoms with Crippen LogP contribution in [-0.2, 0) is 30.8 Å². The molecule has 10 heteroatoms. The molecule has 0 spiro atoms. The summed E-state index contributed by atoms with van der Waals surface area (Å²) in [5.74, 6) is -1.76. The number of amides is 1. The zero-order chi connectivity index (χ0) is 26.6. The molecule has 0 bridgehead atoms. The van der Waals surface area contributed by atoms with Crippen LogP contribution in [0.5, 0.6) is 0 Å². The number of carboxylic acids is 1. The molecular formula is C27H28N2O6S2. The second-order valence-corrected chi connectivity index (χ2v) is 12.3. The van der Waals surface area contributed by atoms with Crippen LogP contribution in [0.2, 0.25) is 0 Å². The number of fused-ring (bicyclic) bond motifs is 1. The molecule has 0 aromatic heterocycles. The first kappa shape index (κ1) is 26.8. The molecule has 194 valence electrons.